The van der Waals surface area contributed by atoms with Gasteiger partial charge in [-0.25, -0.2) is 4.99 Å². The number of nitrogens with one attached hydrogen (secondary N) is 2. The van der Waals surface area contributed by atoms with Crippen LogP contribution in [0.15, 0.2) is 35.3 Å². The smallest absolute Gasteiger partial charge is 0.243 e. The minimum Gasteiger partial charge on any atom is -0.381 e. The van der Waals surface area contributed by atoms with Gasteiger partial charge < -0.3 is 25.0 Å². The van der Waals surface area contributed by atoms with E-state index < -0.39 is 0 Å². The zero-order valence-corrected chi connectivity index (χ0v) is 20.6. The average Bonchev–Trinajstić information content (AvgIpc) is 2.75. The van der Waals surface area contributed by atoms with E-state index in [1.54, 1.807) is 19.0 Å². The SMILES string of the molecule is CN(C)C(=O)CN=C(NCCCOCC1CCOCC1)NCCc1ccccc1.I. The summed E-state index contributed by atoms with van der Waals surface area (Å²) in [5.41, 5.74) is 1.27. The Bertz CT molecular complexity index is 608. The fourth-order valence-corrected chi connectivity index (χ4v) is 2.98. The van der Waals surface area contributed by atoms with E-state index in [1.807, 2.05) is 18.2 Å². The summed E-state index contributed by atoms with van der Waals surface area (Å²) in [7, 11) is 3.48. The van der Waals surface area contributed by atoms with Crippen LogP contribution >= 0.6 is 24.0 Å². The lowest BCUT2D eigenvalue weighted by atomic mass is 10.0. The Morgan fingerprint density at radius 2 is 1.87 bits per heavy atom. The van der Waals surface area contributed by atoms with Gasteiger partial charge in [0.15, 0.2) is 5.96 Å². The molecule has 0 aromatic heterocycles. The van der Waals surface area contributed by atoms with E-state index in [9.17, 15) is 4.79 Å². The highest BCUT2D eigenvalue weighted by atomic mass is 127. The van der Waals surface area contributed by atoms with Crippen molar-refractivity contribution in [3.8, 4) is 0 Å². The first kappa shape index (κ1) is 26.6. The van der Waals surface area contributed by atoms with Crippen molar-refractivity contribution >= 4 is 35.8 Å². The van der Waals surface area contributed by atoms with Gasteiger partial charge in [0.1, 0.15) is 6.54 Å². The molecule has 1 saturated heterocycles. The van der Waals surface area contributed by atoms with Crippen LogP contribution in [0.3, 0.4) is 0 Å². The molecule has 170 valence electrons. The molecule has 1 heterocycles. The third kappa shape index (κ3) is 11.7. The largest absolute Gasteiger partial charge is 0.381 e. The zero-order chi connectivity index (χ0) is 20.7. The number of carbonyl (C=O) groups is 1. The third-order valence-electron chi connectivity index (χ3n) is 4.87. The van der Waals surface area contributed by atoms with Crippen molar-refractivity contribution < 1.29 is 14.3 Å². The Balaban J connectivity index is 0.00000450. The third-order valence-corrected chi connectivity index (χ3v) is 4.87. The molecule has 30 heavy (non-hydrogen) atoms. The van der Waals surface area contributed by atoms with Gasteiger partial charge in [-0.3, -0.25) is 4.79 Å². The van der Waals surface area contributed by atoms with E-state index in [0.29, 0.717) is 11.9 Å². The summed E-state index contributed by atoms with van der Waals surface area (Å²) in [5, 5.41) is 6.63. The Morgan fingerprint density at radius 3 is 2.57 bits per heavy atom. The zero-order valence-electron chi connectivity index (χ0n) is 18.3. The second-order valence-corrected chi connectivity index (χ2v) is 7.53. The van der Waals surface area contributed by atoms with Gasteiger partial charge in [0.05, 0.1) is 0 Å². The maximum Gasteiger partial charge on any atom is 0.243 e. The summed E-state index contributed by atoms with van der Waals surface area (Å²) in [4.78, 5) is 17.8. The maximum absolute atomic E-state index is 11.8. The molecule has 0 spiro atoms. The number of likely N-dealkylation sites (N-methyl/N-ethyl adjacent to an activating group) is 1. The molecule has 2 N–H and O–H groups in total. The van der Waals surface area contributed by atoms with Crippen molar-refractivity contribution in [2.75, 3.05) is 60.2 Å². The molecule has 0 radical (unpaired) electrons. The molecule has 7 nitrogen and oxygen atoms in total. The van der Waals surface area contributed by atoms with Gasteiger partial charge in [-0.1, -0.05) is 30.3 Å². The summed E-state index contributed by atoms with van der Waals surface area (Å²) >= 11 is 0. The molecule has 8 heteroatoms. The van der Waals surface area contributed by atoms with E-state index in [-0.39, 0.29) is 36.4 Å². The van der Waals surface area contributed by atoms with Crippen LogP contribution in [0, 0.1) is 5.92 Å². The van der Waals surface area contributed by atoms with Crippen LogP contribution in [0.4, 0.5) is 0 Å². The van der Waals surface area contributed by atoms with Gasteiger partial charge in [-0.05, 0) is 37.2 Å². The minimum absolute atomic E-state index is 0. The van der Waals surface area contributed by atoms with E-state index in [2.05, 4.69) is 27.8 Å². The molecular formula is C22H37IN4O3. The molecule has 2 rings (SSSR count). The molecule has 1 aliphatic rings. The highest BCUT2D eigenvalue weighted by molar-refractivity contribution is 14.0. The average molecular weight is 532 g/mol. The lowest BCUT2D eigenvalue weighted by molar-refractivity contribution is -0.127. The van der Waals surface area contributed by atoms with Crippen LogP contribution in [0.1, 0.15) is 24.8 Å². The van der Waals surface area contributed by atoms with Gasteiger partial charge in [0.25, 0.3) is 0 Å². The molecular weight excluding hydrogens is 495 g/mol. The predicted octanol–water partition coefficient (Wildman–Crippen LogP) is 2.30. The lowest BCUT2D eigenvalue weighted by Gasteiger charge is -2.21. The van der Waals surface area contributed by atoms with Gasteiger partial charge in [-0.2, -0.15) is 0 Å². The number of hydrogen-bond acceptors (Lipinski definition) is 4. The summed E-state index contributed by atoms with van der Waals surface area (Å²) < 4.78 is 11.2. The summed E-state index contributed by atoms with van der Waals surface area (Å²) in [6.07, 6.45) is 3.99. The normalized spacial score (nSPS) is 14.7. The Kier molecular flexibility index (Phi) is 14.5. The quantitative estimate of drug-likeness (QED) is 0.198. The second-order valence-electron chi connectivity index (χ2n) is 7.53. The lowest BCUT2D eigenvalue weighted by Crippen LogP contribution is -2.40. The number of amides is 1. The molecule has 0 atom stereocenters. The predicted molar refractivity (Wildman–Crippen MR) is 132 cm³/mol. The van der Waals surface area contributed by atoms with Crippen LogP contribution in [0.5, 0.6) is 0 Å². The number of aliphatic imine (C=N–C) groups is 1. The van der Waals surface area contributed by atoms with Crippen LogP contribution < -0.4 is 10.6 Å². The standard InChI is InChI=1S/C22H36N4O3.HI/c1-26(2)21(27)17-25-22(24-13-9-19-7-4-3-5-8-19)23-12-6-14-29-18-20-10-15-28-16-11-20;/h3-5,7-8,20H,6,9-18H2,1-2H3,(H2,23,24,25);1H. The second kappa shape index (κ2) is 16.3. The number of carbonyl (C=O) groups excluding carboxylic acids is 1. The minimum atomic E-state index is -0.0195. The molecule has 1 amide bonds. The maximum atomic E-state index is 11.8. The van der Waals surface area contributed by atoms with Crippen molar-refractivity contribution in [2.45, 2.75) is 25.7 Å². The van der Waals surface area contributed by atoms with Crippen LogP contribution in [0.25, 0.3) is 0 Å². The molecule has 0 aliphatic carbocycles. The van der Waals surface area contributed by atoms with Crippen molar-refractivity contribution in [3.05, 3.63) is 35.9 Å². The Labute approximate surface area is 198 Å². The van der Waals surface area contributed by atoms with Gasteiger partial charge >= 0.3 is 0 Å². The molecule has 1 aliphatic heterocycles. The fourth-order valence-electron chi connectivity index (χ4n) is 2.98. The first-order chi connectivity index (χ1) is 14.1. The summed E-state index contributed by atoms with van der Waals surface area (Å²) in [6, 6.07) is 10.3. The van der Waals surface area contributed by atoms with Crippen molar-refractivity contribution in [2.24, 2.45) is 10.9 Å². The number of rotatable bonds is 11. The topological polar surface area (TPSA) is 75.2 Å². The first-order valence-corrected chi connectivity index (χ1v) is 10.6. The fraction of sp³-hybridized carbons (Fsp3) is 0.636. The van der Waals surface area contributed by atoms with E-state index >= 15 is 0 Å². The monoisotopic (exact) mass is 532 g/mol. The number of benzene rings is 1. The molecule has 0 bridgehead atoms. The molecule has 0 saturated carbocycles. The first-order valence-electron chi connectivity index (χ1n) is 10.6. The molecule has 1 aromatic carbocycles. The van der Waals surface area contributed by atoms with Crippen molar-refractivity contribution in [1.82, 2.24) is 15.5 Å². The number of guanidine groups is 1. The molecule has 1 fully saturated rings. The van der Waals surface area contributed by atoms with Gasteiger partial charge in [0.2, 0.25) is 5.91 Å². The van der Waals surface area contributed by atoms with Crippen LogP contribution in [-0.2, 0) is 20.7 Å². The number of halogens is 1. The molecule has 1 aromatic rings. The Hall–Kier alpha value is -1.39. The van der Waals surface area contributed by atoms with Crippen molar-refractivity contribution in [3.63, 3.8) is 0 Å². The number of ether oxygens (including phenoxy) is 2. The van der Waals surface area contributed by atoms with Gasteiger partial charge in [0, 0.05) is 53.6 Å². The summed E-state index contributed by atoms with van der Waals surface area (Å²) in [6.45, 7) is 4.89. The summed E-state index contributed by atoms with van der Waals surface area (Å²) in [5.74, 6) is 1.28. The van der Waals surface area contributed by atoms with Crippen molar-refractivity contribution in [1.29, 1.82) is 0 Å². The van der Waals surface area contributed by atoms with E-state index in [4.69, 9.17) is 9.47 Å². The number of hydrogen-bond donors (Lipinski definition) is 2. The number of nitrogens with zero attached hydrogens (tertiary/aromatic N) is 2. The Morgan fingerprint density at radius 1 is 1.17 bits per heavy atom. The van der Waals surface area contributed by atoms with Crippen LogP contribution in [-0.4, -0.2) is 76.9 Å². The van der Waals surface area contributed by atoms with Crippen LogP contribution in [0.2, 0.25) is 0 Å². The van der Waals surface area contributed by atoms with E-state index in [0.717, 1.165) is 65.2 Å². The highest BCUT2D eigenvalue weighted by Gasteiger charge is 2.13. The van der Waals surface area contributed by atoms with Gasteiger partial charge in [-0.15, -0.1) is 24.0 Å². The highest BCUT2D eigenvalue weighted by Crippen LogP contribution is 2.14. The molecule has 0 unspecified atom stereocenters. The van der Waals surface area contributed by atoms with E-state index in [1.165, 1.54) is 5.56 Å².